The largest absolute Gasteiger partial charge is 0.356 e. The molecule has 28 heavy (non-hydrogen) atoms. The highest BCUT2D eigenvalue weighted by atomic mass is 15.0. The topological polar surface area (TPSA) is 17.0 Å². The molecule has 2 nitrogen and oxygen atoms in total. The van der Waals surface area contributed by atoms with Crippen molar-refractivity contribution in [1.29, 1.82) is 0 Å². The molecule has 0 fully saturated rings. The van der Waals surface area contributed by atoms with Gasteiger partial charge in [-0.2, -0.15) is 0 Å². The van der Waals surface area contributed by atoms with E-state index >= 15 is 0 Å². The fraction of sp³-hybridized carbons (Fsp3) is 0.0769. The maximum absolute atomic E-state index is 3.44. The standard InChI is InChI=1S/C26H22N2/c1-2-28-25-11-7-6-10-23(25)24-18-20(14-17-26(24)28)19-12-15-22(16-13-19)27-21-8-4-3-5-9-21/h3-18,27H,2H2,1H3. The summed E-state index contributed by atoms with van der Waals surface area (Å²) in [5, 5.41) is 6.09. The van der Waals surface area contributed by atoms with Crippen molar-refractivity contribution in [2.24, 2.45) is 0 Å². The Labute approximate surface area is 165 Å². The second-order valence-corrected chi connectivity index (χ2v) is 7.06. The van der Waals surface area contributed by atoms with Crippen LogP contribution in [0.25, 0.3) is 32.9 Å². The second kappa shape index (κ2) is 6.90. The summed E-state index contributed by atoms with van der Waals surface area (Å²) >= 11 is 0. The van der Waals surface area contributed by atoms with Crippen LogP contribution in [0, 0.1) is 0 Å². The zero-order valence-corrected chi connectivity index (χ0v) is 15.9. The Hall–Kier alpha value is -3.52. The molecule has 0 amide bonds. The van der Waals surface area contributed by atoms with Crippen LogP contribution in [0.2, 0.25) is 0 Å². The molecular formula is C26H22N2. The van der Waals surface area contributed by atoms with E-state index in [4.69, 9.17) is 0 Å². The molecular weight excluding hydrogens is 340 g/mol. The van der Waals surface area contributed by atoms with Crippen molar-refractivity contribution in [2.75, 3.05) is 5.32 Å². The average molecular weight is 362 g/mol. The quantitative estimate of drug-likeness (QED) is 0.357. The number of fused-ring (bicyclic) bond motifs is 3. The molecule has 0 spiro atoms. The lowest BCUT2D eigenvalue weighted by Crippen LogP contribution is -1.92. The number of para-hydroxylation sites is 2. The monoisotopic (exact) mass is 362 g/mol. The number of rotatable bonds is 4. The van der Waals surface area contributed by atoms with Gasteiger partial charge in [0.2, 0.25) is 0 Å². The summed E-state index contributed by atoms with van der Waals surface area (Å²) < 4.78 is 2.39. The van der Waals surface area contributed by atoms with E-state index in [2.05, 4.69) is 95.7 Å². The van der Waals surface area contributed by atoms with Gasteiger partial charge in [-0.25, -0.2) is 0 Å². The minimum Gasteiger partial charge on any atom is -0.356 e. The average Bonchev–Trinajstić information content (AvgIpc) is 3.08. The third kappa shape index (κ3) is 2.84. The number of aryl methyl sites for hydroxylation is 1. The molecule has 0 aliphatic rings. The first-order chi connectivity index (χ1) is 13.8. The fourth-order valence-electron chi connectivity index (χ4n) is 4.01. The van der Waals surface area contributed by atoms with Crippen molar-refractivity contribution >= 4 is 33.2 Å². The van der Waals surface area contributed by atoms with E-state index in [-0.39, 0.29) is 0 Å². The first-order valence-corrected chi connectivity index (χ1v) is 9.77. The van der Waals surface area contributed by atoms with Crippen molar-refractivity contribution in [1.82, 2.24) is 4.57 Å². The lowest BCUT2D eigenvalue weighted by Gasteiger charge is -2.08. The minimum atomic E-state index is 0.975. The van der Waals surface area contributed by atoms with Gasteiger partial charge in [0, 0.05) is 39.7 Å². The molecule has 0 unspecified atom stereocenters. The number of aromatic nitrogens is 1. The van der Waals surface area contributed by atoms with Crippen LogP contribution < -0.4 is 5.32 Å². The Balaban J connectivity index is 1.53. The van der Waals surface area contributed by atoms with Crippen LogP contribution in [0.15, 0.2) is 97.1 Å². The van der Waals surface area contributed by atoms with Crippen molar-refractivity contribution in [3.8, 4) is 11.1 Å². The summed E-state index contributed by atoms with van der Waals surface area (Å²) in [6.45, 7) is 3.18. The van der Waals surface area contributed by atoms with Gasteiger partial charge in [0.25, 0.3) is 0 Å². The van der Waals surface area contributed by atoms with Crippen LogP contribution in [-0.2, 0) is 6.54 Å². The fourth-order valence-corrected chi connectivity index (χ4v) is 4.01. The molecule has 0 saturated heterocycles. The predicted molar refractivity (Wildman–Crippen MR) is 120 cm³/mol. The van der Waals surface area contributed by atoms with Crippen molar-refractivity contribution < 1.29 is 0 Å². The smallest absolute Gasteiger partial charge is 0.0491 e. The van der Waals surface area contributed by atoms with E-state index in [9.17, 15) is 0 Å². The van der Waals surface area contributed by atoms with Gasteiger partial charge < -0.3 is 9.88 Å². The molecule has 0 aliphatic heterocycles. The highest BCUT2D eigenvalue weighted by molar-refractivity contribution is 6.09. The van der Waals surface area contributed by atoms with E-state index in [1.807, 2.05) is 18.2 Å². The molecule has 136 valence electrons. The van der Waals surface area contributed by atoms with Gasteiger partial charge in [-0.3, -0.25) is 0 Å². The van der Waals surface area contributed by atoms with E-state index in [0.717, 1.165) is 17.9 Å². The Bertz CT molecular complexity index is 1250. The Morgan fingerprint density at radius 2 is 1.25 bits per heavy atom. The van der Waals surface area contributed by atoms with E-state index in [0.29, 0.717) is 0 Å². The maximum Gasteiger partial charge on any atom is 0.0491 e. The van der Waals surface area contributed by atoms with Gasteiger partial charge in [-0.05, 0) is 60.5 Å². The molecule has 0 bridgehead atoms. The van der Waals surface area contributed by atoms with E-state index < -0.39 is 0 Å². The van der Waals surface area contributed by atoms with Gasteiger partial charge in [-0.1, -0.05) is 54.6 Å². The zero-order valence-electron chi connectivity index (χ0n) is 15.9. The zero-order chi connectivity index (χ0) is 18.9. The summed E-state index contributed by atoms with van der Waals surface area (Å²) in [6, 6.07) is 34.4. The Morgan fingerprint density at radius 1 is 0.607 bits per heavy atom. The Kier molecular flexibility index (Phi) is 4.10. The van der Waals surface area contributed by atoms with Crippen LogP contribution in [0.3, 0.4) is 0 Å². The molecule has 0 saturated carbocycles. The first-order valence-electron chi connectivity index (χ1n) is 9.77. The maximum atomic E-state index is 3.44. The summed E-state index contributed by atoms with van der Waals surface area (Å²) in [4.78, 5) is 0. The third-order valence-electron chi connectivity index (χ3n) is 5.37. The second-order valence-electron chi connectivity index (χ2n) is 7.06. The number of hydrogen-bond donors (Lipinski definition) is 1. The molecule has 5 rings (SSSR count). The first kappa shape index (κ1) is 16.6. The number of hydrogen-bond acceptors (Lipinski definition) is 1. The Morgan fingerprint density at radius 3 is 2.04 bits per heavy atom. The van der Waals surface area contributed by atoms with Crippen LogP contribution in [0.4, 0.5) is 11.4 Å². The van der Waals surface area contributed by atoms with Gasteiger partial charge >= 0.3 is 0 Å². The highest BCUT2D eigenvalue weighted by Crippen LogP contribution is 2.33. The lowest BCUT2D eigenvalue weighted by atomic mass is 10.0. The number of benzene rings is 4. The molecule has 5 aromatic rings. The SMILES string of the molecule is CCn1c2ccccc2c2cc(-c3ccc(Nc4ccccc4)cc3)ccc21. The molecule has 0 radical (unpaired) electrons. The normalized spacial score (nSPS) is 11.2. The lowest BCUT2D eigenvalue weighted by molar-refractivity contribution is 0.827. The number of nitrogens with one attached hydrogen (secondary N) is 1. The molecule has 1 N–H and O–H groups in total. The summed E-state index contributed by atoms with van der Waals surface area (Å²) in [5.41, 5.74) is 7.28. The van der Waals surface area contributed by atoms with Crippen LogP contribution in [0.5, 0.6) is 0 Å². The molecule has 0 atom stereocenters. The minimum absolute atomic E-state index is 0.975. The predicted octanol–water partition coefficient (Wildman–Crippen LogP) is 7.23. The molecule has 2 heteroatoms. The molecule has 0 aliphatic carbocycles. The van der Waals surface area contributed by atoms with Crippen LogP contribution in [0.1, 0.15) is 6.92 Å². The molecule has 1 heterocycles. The van der Waals surface area contributed by atoms with Crippen molar-refractivity contribution in [3.05, 3.63) is 97.1 Å². The number of anilines is 2. The van der Waals surface area contributed by atoms with Gasteiger partial charge in [0.15, 0.2) is 0 Å². The highest BCUT2D eigenvalue weighted by Gasteiger charge is 2.10. The van der Waals surface area contributed by atoms with E-state index in [1.165, 1.54) is 32.9 Å². The number of nitrogens with zero attached hydrogens (tertiary/aromatic N) is 1. The summed E-state index contributed by atoms with van der Waals surface area (Å²) in [6.07, 6.45) is 0. The summed E-state index contributed by atoms with van der Waals surface area (Å²) in [7, 11) is 0. The van der Waals surface area contributed by atoms with Gasteiger partial charge in [0.1, 0.15) is 0 Å². The molecule has 4 aromatic carbocycles. The van der Waals surface area contributed by atoms with Crippen molar-refractivity contribution in [2.45, 2.75) is 13.5 Å². The summed E-state index contributed by atoms with van der Waals surface area (Å²) in [5.74, 6) is 0. The molecule has 1 aromatic heterocycles. The van der Waals surface area contributed by atoms with E-state index in [1.54, 1.807) is 0 Å². The third-order valence-corrected chi connectivity index (χ3v) is 5.37. The van der Waals surface area contributed by atoms with Crippen LogP contribution in [-0.4, -0.2) is 4.57 Å². The van der Waals surface area contributed by atoms with Crippen molar-refractivity contribution in [3.63, 3.8) is 0 Å². The van der Waals surface area contributed by atoms with Crippen LogP contribution >= 0.6 is 0 Å². The van der Waals surface area contributed by atoms with Gasteiger partial charge in [-0.15, -0.1) is 0 Å². The van der Waals surface area contributed by atoms with Gasteiger partial charge in [0.05, 0.1) is 0 Å².